The summed E-state index contributed by atoms with van der Waals surface area (Å²) in [5.74, 6) is 0.696. The van der Waals surface area contributed by atoms with Gasteiger partial charge >= 0.3 is 0 Å². The SMILES string of the molecule is Nc1cc(Cl)ncc1-c1ccco1. The van der Waals surface area contributed by atoms with Gasteiger partial charge in [0.05, 0.1) is 11.8 Å². The summed E-state index contributed by atoms with van der Waals surface area (Å²) >= 11 is 5.66. The Kier molecular flexibility index (Phi) is 1.94. The molecule has 0 amide bonds. The van der Waals surface area contributed by atoms with Crippen molar-refractivity contribution in [2.45, 2.75) is 0 Å². The molecule has 0 aliphatic carbocycles. The first-order chi connectivity index (χ1) is 6.27. The number of furan rings is 1. The second-order valence-electron chi connectivity index (χ2n) is 2.57. The van der Waals surface area contributed by atoms with Crippen LogP contribution in [0.15, 0.2) is 35.1 Å². The molecule has 3 nitrogen and oxygen atoms in total. The molecule has 0 atom stereocenters. The third-order valence-corrected chi connectivity index (χ3v) is 1.90. The van der Waals surface area contributed by atoms with E-state index < -0.39 is 0 Å². The average molecular weight is 195 g/mol. The largest absolute Gasteiger partial charge is 0.464 e. The van der Waals surface area contributed by atoms with Crippen LogP contribution in [0.1, 0.15) is 0 Å². The fourth-order valence-electron chi connectivity index (χ4n) is 1.08. The number of hydrogen-bond donors (Lipinski definition) is 1. The van der Waals surface area contributed by atoms with Crippen LogP contribution in [0.2, 0.25) is 5.15 Å². The van der Waals surface area contributed by atoms with Crippen molar-refractivity contribution in [3.05, 3.63) is 35.8 Å². The second-order valence-corrected chi connectivity index (χ2v) is 2.96. The van der Waals surface area contributed by atoms with Gasteiger partial charge in [-0.15, -0.1) is 0 Å². The van der Waals surface area contributed by atoms with E-state index in [1.807, 2.05) is 6.07 Å². The van der Waals surface area contributed by atoms with E-state index in [2.05, 4.69) is 4.98 Å². The lowest BCUT2D eigenvalue weighted by atomic mass is 10.2. The number of aromatic nitrogens is 1. The van der Waals surface area contributed by atoms with Crippen molar-refractivity contribution in [3.63, 3.8) is 0 Å². The molecule has 0 aromatic carbocycles. The molecule has 66 valence electrons. The summed E-state index contributed by atoms with van der Waals surface area (Å²) in [5, 5.41) is 0.382. The Labute approximate surface area is 80.1 Å². The van der Waals surface area contributed by atoms with Gasteiger partial charge in [-0.1, -0.05) is 11.6 Å². The zero-order chi connectivity index (χ0) is 9.26. The van der Waals surface area contributed by atoms with Crippen LogP contribution in [0.4, 0.5) is 5.69 Å². The molecule has 2 rings (SSSR count). The highest BCUT2D eigenvalue weighted by Gasteiger charge is 2.05. The number of anilines is 1. The van der Waals surface area contributed by atoms with Crippen LogP contribution in [-0.2, 0) is 0 Å². The predicted octanol–water partition coefficient (Wildman–Crippen LogP) is 2.58. The molecular formula is C9H7ClN2O. The Morgan fingerprint density at radius 2 is 2.31 bits per heavy atom. The third-order valence-electron chi connectivity index (χ3n) is 1.69. The van der Waals surface area contributed by atoms with Crippen LogP contribution in [0.3, 0.4) is 0 Å². The molecule has 0 spiro atoms. The van der Waals surface area contributed by atoms with Gasteiger partial charge in [0.15, 0.2) is 0 Å². The van der Waals surface area contributed by atoms with Gasteiger partial charge < -0.3 is 10.2 Å². The van der Waals surface area contributed by atoms with E-state index >= 15 is 0 Å². The van der Waals surface area contributed by atoms with E-state index in [-0.39, 0.29) is 0 Å². The van der Waals surface area contributed by atoms with E-state index in [0.717, 1.165) is 5.56 Å². The highest BCUT2D eigenvalue weighted by atomic mass is 35.5. The predicted molar refractivity (Wildman–Crippen MR) is 51.4 cm³/mol. The number of nitrogen functional groups attached to an aromatic ring is 1. The van der Waals surface area contributed by atoms with Crippen LogP contribution in [0.5, 0.6) is 0 Å². The van der Waals surface area contributed by atoms with Crippen LogP contribution >= 0.6 is 11.6 Å². The molecule has 0 aliphatic heterocycles. The summed E-state index contributed by atoms with van der Waals surface area (Å²) in [5.41, 5.74) is 7.05. The lowest BCUT2D eigenvalue weighted by Crippen LogP contribution is -1.90. The molecule has 0 saturated heterocycles. The minimum atomic E-state index is 0.382. The first kappa shape index (κ1) is 8.13. The summed E-state index contributed by atoms with van der Waals surface area (Å²) in [6.45, 7) is 0. The zero-order valence-electron chi connectivity index (χ0n) is 6.70. The third kappa shape index (κ3) is 1.51. The van der Waals surface area contributed by atoms with Crippen molar-refractivity contribution in [2.24, 2.45) is 0 Å². The van der Waals surface area contributed by atoms with Crippen LogP contribution in [-0.4, -0.2) is 4.98 Å². The molecule has 0 saturated carbocycles. The first-order valence-electron chi connectivity index (χ1n) is 3.72. The molecule has 0 bridgehead atoms. The van der Waals surface area contributed by atoms with Crippen LogP contribution < -0.4 is 5.73 Å². The number of nitrogens with two attached hydrogens (primary N) is 1. The molecule has 2 N–H and O–H groups in total. The maximum atomic E-state index is 5.73. The highest BCUT2D eigenvalue weighted by Crippen LogP contribution is 2.26. The summed E-state index contributed by atoms with van der Waals surface area (Å²) in [6, 6.07) is 5.21. The Morgan fingerprint density at radius 1 is 1.46 bits per heavy atom. The Balaban J connectivity index is 2.53. The quantitative estimate of drug-likeness (QED) is 0.710. The number of hydrogen-bond acceptors (Lipinski definition) is 3. The topological polar surface area (TPSA) is 52.0 Å². The van der Waals surface area contributed by atoms with Gasteiger partial charge in [0.2, 0.25) is 0 Å². The van der Waals surface area contributed by atoms with Gasteiger partial charge in [-0.05, 0) is 18.2 Å². The molecule has 0 fully saturated rings. The van der Waals surface area contributed by atoms with E-state index in [1.165, 1.54) is 0 Å². The molecular weight excluding hydrogens is 188 g/mol. The fraction of sp³-hybridized carbons (Fsp3) is 0. The van der Waals surface area contributed by atoms with Gasteiger partial charge in [-0.2, -0.15) is 0 Å². The van der Waals surface area contributed by atoms with E-state index in [4.69, 9.17) is 21.8 Å². The fourth-order valence-corrected chi connectivity index (χ4v) is 1.25. The van der Waals surface area contributed by atoms with Crippen molar-refractivity contribution in [1.82, 2.24) is 4.98 Å². The monoisotopic (exact) mass is 194 g/mol. The van der Waals surface area contributed by atoms with Crippen LogP contribution in [0, 0.1) is 0 Å². The molecule has 2 aromatic rings. The number of pyridine rings is 1. The standard InChI is InChI=1S/C9H7ClN2O/c10-9-4-7(11)6(5-12-9)8-2-1-3-13-8/h1-5H,(H2,11,12). The van der Waals surface area contributed by atoms with Crippen LogP contribution in [0.25, 0.3) is 11.3 Å². The van der Waals surface area contributed by atoms with E-state index in [9.17, 15) is 0 Å². The Bertz CT molecular complexity index is 412. The molecule has 4 heteroatoms. The van der Waals surface area contributed by atoms with E-state index in [1.54, 1.807) is 24.6 Å². The summed E-state index contributed by atoms with van der Waals surface area (Å²) < 4.78 is 5.18. The second kappa shape index (κ2) is 3.11. The molecule has 0 aliphatic rings. The van der Waals surface area contributed by atoms with Gasteiger partial charge in [0.25, 0.3) is 0 Å². The van der Waals surface area contributed by atoms with Crippen molar-refractivity contribution in [3.8, 4) is 11.3 Å². The van der Waals surface area contributed by atoms with Gasteiger partial charge in [0, 0.05) is 11.9 Å². The van der Waals surface area contributed by atoms with Crippen molar-refractivity contribution >= 4 is 17.3 Å². The lowest BCUT2D eigenvalue weighted by molar-refractivity contribution is 0.582. The maximum absolute atomic E-state index is 5.73. The lowest BCUT2D eigenvalue weighted by Gasteiger charge is -2.00. The van der Waals surface area contributed by atoms with E-state index in [0.29, 0.717) is 16.6 Å². The molecule has 2 aromatic heterocycles. The molecule has 2 heterocycles. The number of nitrogens with zero attached hydrogens (tertiary/aromatic N) is 1. The van der Waals surface area contributed by atoms with Gasteiger partial charge in [0.1, 0.15) is 10.9 Å². The molecule has 0 unspecified atom stereocenters. The van der Waals surface area contributed by atoms with Gasteiger partial charge in [-0.25, -0.2) is 4.98 Å². The molecule has 0 radical (unpaired) electrons. The smallest absolute Gasteiger partial charge is 0.137 e. The minimum Gasteiger partial charge on any atom is -0.464 e. The summed E-state index contributed by atoms with van der Waals surface area (Å²) in [7, 11) is 0. The summed E-state index contributed by atoms with van der Waals surface area (Å²) in [6.07, 6.45) is 3.18. The maximum Gasteiger partial charge on any atom is 0.137 e. The van der Waals surface area contributed by atoms with Crippen molar-refractivity contribution in [2.75, 3.05) is 5.73 Å². The zero-order valence-corrected chi connectivity index (χ0v) is 7.45. The Morgan fingerprint density at radius 3 is 2.92 bits per heavy atom. The molecule has 13 heavy (non-hydrogen) atoms. The Hall–Kier alpha value is -1.48. The first-order valence-corrected chi connectivity index (χ1v) is 4.10. The van der Waals surface area contributed by atoms with Crippen molar-refractivity contribution < 1.29 is 4.42 Å². The number of halogens is 1. The van der Waals surface area contributed by atoms with Gasteiger partial charge in [-0.3, -0.25) is 0 Å². The van der Waals surface area contributed by atoms with Crippen molar-refractivity contribution in [1.29, 1.82) is 0 Å². The minimum absolute atomic E-state index is 0.382. The highest BCUT2D eigenvalue weighted by molar-refractivity contribution is 6.29. The number of rotatable bonds is 1. The summed E-state index contributed by atoms with van der Waals surface area (Å²) in [4.78, 5) is 3.92. The average Bonchev–Trinajstić information content (AvgIpc) is 2.56. The normalized spacial score (nSPS) is 10.2.